The van der Waals surface area contributed by atoms with E-state index < -0.39 is 11.9 Å². The molecule has 1 heterocycles. The fourth-order valence-electron chi connectivity index (χ4n) is 2.22. The zero-order chi connectivity index (χ0) is 13.0. The van der Waals surface area contributed by atoms with Crippen molar-refractivity contribution in [2.45, 2.75) is 26.7 Å². The van der Waals surface area contributed by atoms with Crippen LogP contribution in [0.25, 0.3) is 0 Å². The fraction of sp³-hybridized carbons (Fsp3) is 0.833. The summed E-state index contributed by atoms with van der Waals surface area (Å²) in [6.07, 6.45) is 1.45. The molecule has 0 spiro atoms. The lowest BCUT2D eigenvalue weighted by Crippen LogP contribution is -2.48. The van der Waals surface area contributed by atoms with E-state index in [0.717, 1.165) is 6.42 Å². The van der Waals surface area contributed by atoms with Crippen molar-refractivity contribution >= 4 is 12.0 Å². The molecule has 1 rings (SSSR count). The molecule has 0 bridgehead atoms. The van der Waals surface area contributed by atoms with Gasteiger partial charge in [-0.1, -0.05) is 13.8 Å². The third-order valence-corrected chi connectivity index (χ3v) is 3.01. The van der Waals surface area contributed by atoms with Crippen LogP contribution in [0.15, 0.2) is 0 Å². The summed E-state index contributed by atoms with van der Waals surface area (Å²) in [5, 5.41) is 8.97. The Bertz CT molecular complexity index is 291. The highest BCUT2D eigenvalue weighted by Crippen LogP contribution is 2.17. The Balaban J connectivity index is 2.54. The molecule has 0 saturated carbocycles. The maximum absolute atomic E-state index is 12.1. The molecule has 0 aromatic rings. The van der Waals surface area contributed by atoms with Gasteiger partial charge >= 0.3 is 12.0 Å². The second-order valence-corrected chi connectivity index (χ2v) is 5.18. The molecular formula is C12H22N2O3. The van der Waals surface area contributed by atoms with Gasteiger partial charge in [0.25, 0.3) is 0 Å². The molecule has 0 unspecified atom stereocenters. The van der Waals surface area contributed by atoms with Crippen LogP contribution < -0.4 is 0 Å². The van der Waals surface area contributed by atoms with E-state index in [1.807, 2.05) is 0 Å². The third kappa shape index (κ3) is 3.91. The average Bonchev–Trinajstić information content (AvgIpc) is 2.27. The number of hydrogen-bond donors (Lipinski definition) is 1. The SMILES string of the molecule is CC(C)CN(C)C(=O)N1CCC[C@@H](C(=O)O)C1. The molecule has 1 fully saturated rings. The number of hydrogen-bond acceptors (Lipinski definition) is 2. The first-order valence-electron chi connectivity index (χ1n) is 6.14. The summed E-state index contributed by atoms with van der Waals surface area (Å²) in [7, 11) is 1.77. The fourth-order valence-corrected chi connectivity index (χ4v) is 2.22. The van der Waals surface area contributed by atoms with E-state index in [0.29, 0.717) is 32.0 Å². The maximum atomic E-state index is 12.1. The highest BCUT2D eigenvalue weighted by Gasteiger charge is 2.29. The summed E-state index contributed by atoms with van der Waals surface area (Å²) in [6.45, 7) is 5.83. The van der Waals surface area contributed by atoms with Crippen molar-refractivity contribution < 1.29 is 14.7 Å². The zero-order valence-electron chi connectivity index (χ0n) is 10.8. The minimum atomic E-state index is -0.797. The normalized spacial score (nSPS) is 20.5. The number of carbonyl (C=O) groups excluding carboxylic acids is 1. The minimum Gasteiger partial charge on any atom is -0.481 e. The first-order chi connectivity index (χ1) is 7.91. The van der Waals surface area contributed by atoms with Crippen molar-refractivity contribution in [1.29, 1.82) is 0 Å². The largest absolute Gasteiger partial charge is 0.481 e. The summed E-state index contributed by atoms with van der Waals surface area (Å²) in [5.41, 5.74) is 0. The highest BCUT2D eigenvalue weighted by atomic mass is 16.4. The second-order valence-electron chi connectivity index (χ2n) is 5.18. The second kappa shape index (κ2) is 5.89. The first-order valence-corrected chi connectivity index (χ1v) is 6.14. The van der Waals surface area contributed by atoms with Gasteiger partial charge in [-0.3, -0.25) is 4.79 Å². The lowest BCUT2D eigenvalue weighted by molar-refractivity contribution is -0.143. The Hall–Kier alpha value is -1.26. The lowest BCUT2D eigenvalue weighted by Gasteiger charge is -2.34. The standard InChI is InChI=1S/C12H22N2O3/c1-9(2)7-13(3)12(17)14-6-4-5-10(8-14)11(15)16/h9-10H,4-8H2,1-3H3,(H,15,16)/t10-/m1/s1. The Kier molecular flexibility index (Phi) is 4.78. The van der Waals surface area contributed by atoms with Gasteiger partial charge in [0.1, 0.15) is 0 Å². The molecule has 0 aliphatic carbocycles. The van der Waals surface area contributed by atoms with Crippen molar-refractivity contribution in [3.63, 3.8) is 0 Å². The molecule has 1 N–H and O–H groups in total. The molecule has 0 aromatic heterocycles. The smallest absolute Gasteiger partial charge is 0.319 e. The van der Waals surface area contributed by atoms with E-state index in [1.54, 1.807) is 16.8 Å². The predicted molar refractivity (Wildman–Crippen MR) is 64.8 cm³/mol. The van der Waals surface area contributed by atoms with Gasteiger partial charge in [-0.15, -0.1) is 0 Å². The average molecular weight is 242 g/mol. The van der Waals surface area contributed by atoms with Gasteiger partial charge in [-0.25, -0.2) is 4.79 Å². The van der Waals surface area contributed by atoms with E-state index in [1.165, 1.54) is 0 Å². The molecular weight excluding hydrogens is 220 g/mol. The van der Waals surface area contributed by atoms with E-state index in [-0.39, 0.29) is 6.03 Å². The van der Waals surface area contributed by atoms with Gasteiger partial charge in [-0.2, -0.15) is 0 Å². The van der Waals surface area contributed by atoms with Crippen molar-refractivity contribution in [2.24, 2.45) is 11.8 Å². The Morgan fingerprint density at radius 1 is 1.47 bits per heavy atom. The van der Waals surface area contributed by atoms with Crippen LogP contribution in [0.5, 0.6) is 0 Å². The summed E-state index contributed by atoms with van der Waals surface area (Å²) in [4.78, 5) is 26.3. The number of likely N-dealkylation sites (tertiary alicyclic amines) is 1. The summed E-state index contributed by atoms with van der Waals surface area (Å²) >= 11 is 0. The van der Waals surface area contributed by atoms with Crippen LogP contribution in [0, 0.1) is 11.8 Å². The van der Waals surface area contributed by atoms with Gasteiger partial charge in [0.15, 0.2) is 0 Å². The number of carbonyl (C=O) groups is 2. The van der Waals surface area contributed by atoms with E-state index in [9.17, 15) is 9.59 Å². The number of rotatable bonds is 3. The molecule has 1 saturated heterocycles. The van der Waals surface area contributed by atoms with Crippen LogP contribution >= 0.6 is 0 Å². The van der Waals surface area contributed by atoms with Crippen LogP contribution in [0.3, 0.4) is 0 Å². The van der Waals surface area contributed by atoms with Crippen LogP contribution in [0.1, 0.15) is 26.7 Å². The van der Waals surface area contributed by atoms with Gasteiger partial charge in [0.05, 0.1) is 5.92 Å². The predicted octanol–water partition coefficient (Wildman–Crippen LogP) is 1.49. The Morgan fingerprint density at radius 3 is 2.65 bits per heavy atom. The first kappa shape index (κ1) is 13.8. The number of amides is 2. The molecule has 1 aliphatic heterocycles. The molecule has 1 atom stereocenters. The van der Waals surface area contributed by atoms with Crippen LogP contribution in [0.2, 0.25) is 0 Å². The number of piperidine rings is 1. The molecule has 5 nitrogen and oxygen atoms in total. The quantitative estimate of drug-likeness (QED) is 0.815. The van der Waals surface area contributed by atoms with Crippen LogP contribution in [-0.2, 0) is 4.79 Å². The maximum Gasteiger partial charge on any atom is 0.319 e. The number of nitrogens with zero attached hydrogens (tertiary/aromatic N) is 2. The van der Waals surface area contributed by atoms with Crippen molar-refractivity contribution in [3.05, 3.63) is 0 Å². The van der Waals surface area contributed by atoms with Gasteiger partial charge < -0.3 is 14.9 Å². The number of carboxylic acids is 1. The van der Waals surface area contributed by atoms with E-state index >= 15 is 0 Å². The van der Waals surface area contributed by atoms with Gasteiger partial charge in [0, 0.05) is 26.7 Å². The van der Waals surface area contributed by atoms with Crippen molar-refractivity contribution in [1.82, 2.24) is 9.80 Å². The lowest BCUT2D eigenvalue weighted by atomic mass is 9.98. The molecule has 0 aromatic carbocycles. The molecule has 1 aliphatic rings. The van der Waals surface area contributed by atoms with E-state index in [4.69, 9.17) is 5.11 Å². The van der Waals surface area contributed by atoms with Crippen molar-refractivity contribution in [3.8, 4) is 0 Å². The number of carboxylic acid groups (broad SMARTS) is 1. The summed E-state index contributed by atoms with van der Waals surface area (Å²) in [6, 6.07) is -0.0512. The van der Waals surface area contributed by atoms with Crippen LogP contribution in [-0.4, -0.2) is 53.6 Å². The van der Waals surface area contributed by atoms with E-state index in [2.05, 4.69) is 13.8 Å². The Labute approximate surface area is 102 Å². The summed E-state index contributed by atoms with van der Waals surface area (Å²) < 4.78 is 0. The number of aliphatic carboxylic acids is 1. The topological polar surface area (TPSA) is 60.9 Å². The molecule has 98 valence electrons. The molecule has 5 heteroatoms. The zero-order valence-corrected chi connectivity index (χ0v) is 10.8. The monoisotopic (exact) mass is 242 g/mol. The van der Waals surface area contributed by atoms with Crippen LogP contribution in [0.4, 0.5) is 4.79 Å². The minimum absolute atomic E-state index is 0.0512. The molecule has 17 heavy (non-hydrogen) atoms. The Morgan fingerprint density at radius 2 is 2.12 bits per heavy atom. The van der Waals surface area contributed by atoms with Crippen molar-refractivity contribution in [2.75, 3.05) is 26.7 Å². The number of urea groups is 1. The molecule has 2 amide bonds. The highest BCUT2D eigenvalue weighted by molar-refractivity contribution is 5.76. The third-order valence-electron chi connectivity index (χ3n) is 3.01. The molecule has 0 radical (unpaired) electrons. The van der Waals surface area contributed by atoms with Gasteiger partial charge in [-0.05, 0) is 18.8 Å². The van der Waals surface area contributed by atoms with Gasteiger partial charge in [0.2, 0.25) is 0 Å². The summed E-state index contributed by atoms with van der Waals surface area (Å²) in [5.74, 6) is -0.779.